The van der Waals surface area contributed by atoms with E-state index in [2.05, 4.69) is 4.98 Å². The van der Waals surface area contributed by atoms with Crippen molar-refractivity contribution in [1.29, 1.82) is 0 Å². The molecule has 1 heterocycles. The van der Waals surface area contributed by atoms with Gasteiger partial charge in [-0.15, -0.1) is 0 Å². The van der Waals surface area contributed by atoms with E-state index in [0.717, 1.165) is 6.07 Å². The third kappa shape index (κ3) is 2.05. The number of carbonyl (C=O) groups is 1. The molecular formula is C15H9F3N2O. The molecule has 21 heavy (non-hydrogen) atoms. The van der Waals surface area contributed by atoms with Crippen LogP contribution < -0.4 is 5.73 Å². The predicted octanol–water partition coefficient (Wildman–Crippen LogP) is 3.40. The molecular weight excluding hydrogens is 281 g/mol. The Morgan fingerprint density at radius 1 is 1.00 bits per heavy atom. The van der Waals surface area contributed by atoms with Gasteiger partial charge in [0.2, 0.25) is 0 Å². The third-order valence-electron chi connectivity index (χ3n) is 3.23. The van der Waals surface area contributed by atoms with Gasteiger partial charge in [-0.05, 0) is 18.2 Å². The molecule has 0 fully saturated rings. The highest BCUT2D eigenvalue weighted by atomic mass is 19.1. The van der Waals surface area contributed by atoms with Crippen LogP contribution in [-0.2, 0) is 0 Å². The van der Waals surface area contributed by atoms with E-state index in [-0.39, 0.29) is 16.6 Å². The molecule has 0 aliphatic heterocycles. The first-order valence-electron chi connectivity index (χ1n) is 6.04. The normalized spacial score (nSPS) is 11.0. The number of nitrogen functional groups attached to an aromatic ring is 1. The van der Waals surface area contributed by atoms with Crippen LogP contribution in [0.3, 0.4) is 0 Å². The van der Waals surface area contributed by atoms with E-state index in [0.29, 0.717) is 11.6 Å². The smallest absolute Gasteiger partial charge is 0.198 e. The summed E-state index contributed by atoms with van der Waals surface area (Å²) >= 11 is 0. The number of rotatable bonds is 2. The molecule has 0 spiro atoms. The van der Waals surface area contributed by atoms with Crippen LogP contribution >= 0.6 is 0 Å². The second kappa shape index (κ2) is 4.66. The first-order valence-corrected chi connectivity index (χ1v) is 6.04. The summed E-state index contributed by atoms with van der Waals surface area (Å²) in [4.78, 5) is 15.1. The fourth-order valence-electron chi connectivity index (χ4n) is 2.20. The van der Waals surface area contributed by atoms with Gasteiger partial charge < -0.3 is 10.7 Å². The van der Waals surface area contributed by atoms with Crippen LogP contribution in [0.15, 0.2) is 36.5 Å². The number of fused-ring (bicyclic) bond motifs is 1. The van der Waals surface area contributed by atoms with E-state index < -0.39 is 28.8 Å². The number of ketones is 1. The van der Waals surface area contributed by atoms with Gasteiger partial charge in [-0.2, -0.15) is 0 Å². The van der Waals surface area contributed by atoms with Crippen LogP contribution in [0.2, 0.25) is 0 Å². The molecule has 0 radical (unpaired) electrons. The van der Waals surface area contributed by atoms with Crippen LogP contribution in [0.4, 0.5) is 18.9 Å². The summed E-state index contributed by atoms with van der Waals surface area (Å²) in [5.74, 6) is -3.37. The zero-order chi connectivity index (χ0) is 15.1. The number of anilines is 1. The maximum atomic E-state index is 13.8. The van der Waals surface area contributed by atoms with Crippen LogP contribution in [0.25, 0.3) is 10.9 Å². The number of halogens is 3. The fourth-order valence-corrected chi connectivity index (χ4v) is 2.20. The minimum absolute atomic E-state index is 0.0343. The number of carbonyl (C=O) groups excluding carboxylic acids is 1. The van der Waals surface area contributed by atoms with E-state index >= 15 is 0 Å². The lowest BCUT2D eigenvalue weighted by molar-refractivity contribution is 0.103. The quantitative estimate of drug-likeness (QED) is 0.561. The number of hydrogen-bond donors (Lipinski definition) is 2. The summed E-state index contributed by atoms with van der Waals surface area (Å²) in [5, 5.41) is 0.0600. The molecule has 1 aromatic heterocycles. The second-order valence-corrected chi connectivity index (χ2v) is 4.55. The Labute approximate surface area is 117 Å². The Morgan fingerprint density at radius 2 is 1.76 bits per heavy atom. The summed E-state index contributed by atoms with van der Waals surface area (Å²) in [6.07, 6.45) is 1.29. The lowest BCUT2D eigenvalue weighted by Gasteiger charge is -2.04. The van der Waals surface area contributed by atoms with E-state index in [9.17, 15) is 18.0 Å². The maximum Gasteiger partial charge on any atom is 0.198 e. The van der Waals surface area contributed by atoms with Gasteiger partial charge in [0, 0.05) is 23.2 Å². The summed E-state index contributed by atoms with van der Waals surface area (Å²) in [7, 11) is 0. The average Bonchev–Trinajstić information content (AvgIpc) is 2.87. The molecule has 106 valence electrons. The molecule has 0 saturated heterocycles. The SMILES string of the molecule is Nc1cc(C(=O)c2c[nH]c3cccc(F)c23)c(F)cc1F. The van der Waals surface area contributed by atoms with Gasteiger partial charge in [0.1, 0.15) is 17.5 Å². The van der Waals surface area contributed by atoms with Crippen molar-refractivity contribution in [2.45, 2.75) is 0 Å². The monoisotopic (exact) mass is 290 g/mol. The third-order valence-corrected chi connectivity index (χ3v) is 3.23. The highest BCUT2D eigenvalue weighted by molar-refractivity contribution is 6.16. The van der Waals surface area contributed by atoms with Gasteiger partial charge in [0.05, 0.1) is 16.8 Å². The second-order valence-electron chi connectivity index (χ2n) is 4.55. The Kier molecular flexibility index (Phi) is 2.94. The van der Waals surface area contributed by atoms with Crippen molar-refractivity contribution in [1.82, 2.24) is 4.98 Å². The van der Waals surface area contributed by atoms with E-state index in [1.165, 1.54) is 18.3 Å². The van der Waals surface area contributed by atoms with Gasteiger partial charge in [-0.25, -0.2) is 13.2 Å². The van der Waals surface area contributed by atoms with Gasteiger partial charge in [-0.1, -0.05) is 6.07 Å². The molecule has 6 heteroatoms. The number of aromatic nitrogens is 1. The zero-order valence-electron chi connectivity index (χ0n) is 10.6. The lowest BCUT2D eigenvalue weighted by atomic mass is 10.0. The molecule has 3 aromatic rings. The maximum absolute atomic E-state index is 13.8. The summed E-state index contributed by atoms with van der Waals surface area (Å²) in [6.45, 7) is 0. The molecule has 0 aliphatic carbocycles. The van der Waals surface area contributed by atoms with Crippen molar-refractivity contribution < 1.29 is 18.0 Å². The van der Waals surface area contributed by atoms with Crippen molar-refractivity contribution in [3.8, 4) is 0 Å². The van der Waals surface area contributed by atoms with Crippen molar-refractivity contribution in [2.75, 3.05) is 5.73 Å². The summed E-state index contributed by atoms with van der Waals surface area (Å²) in [5.41, 5.74) is 4.97. The summed E-state index contributed by atoms with van der Waals surface area (Å²) < 4.78 is 40.7. The number of H-pyrrole nitrogens is 1. The Balaban J connectivity index is 2.20. The van der Waals surface area contributed by atoms with Crippen molar-refractivity contribution in [2.24, 2.45) is 0 Å². The number of hydrogen-bond acceptors (Lipinski definition) is 2. The van der Waals surface area contributed by atoms with Gasteiger partial charge >= 0.3 is 0 Å². The predicted molar refractivity (Wildman–Crippen MR) is 72.5 cm³/mol. The standard InChI is InChI=1S/C15H9F3N2O/c16-9-2-1-3-13-14(9)8(6-20-13)15(21)7-4-12(19)11(18)5-10(7)17/h1-6,20H,19H2. The Hall–Kier alpha value is -2.76. The molecule has 0 saturated carbocycles. The van der Waals surface area contributed by atoms with Crippen molar-refractivity contribution in [3.05, 3.63) is 65.1 Å². The van der Waals surface area contributed by atoms with E-state index in [4.69, 9.17) is 5.73 Å². The molecule has 3 nitrogen and oxygen atoms in total. The first kappa shape index (κ1) is 13.2. The number of nitrogens with two attached hydrogens (primary N) is 1. The van der Waals surface area contributed by atoms with Crippen LogP contribution in [0, 0.1) is 17.5 Å². The zero-order valence-corrected chi connectivity index (χ0v) is 10.6. The van der Waals surface area contributed by atoms with Crippen molar-refractivity contribution >= 4 is 22.4 Å². The van der Waals surface area contributed by atoms with Crippen LogP contribution in [0.5, 0.6) is 0 Å². The molecule has 0 bridgehead atoms. The van der Waals surface area contributed by atoms with Gasteiger partial charge in [-0.3, -0.25) is 4.79 Å². The average molecular weight is 290 g/mol. The molecule has 3 N–H and O–H groups in total. The molecule has 2 aromatic carbocycles. The molecule has 0 aliphatic rings. The Bertz CT molecular complexity index is 871. The van der Waals surface area contributed by atoms with Crippen molar-refractivity contribution in [3.63, 3.8) is 0 Å². The molecule has 0 atom stereocenters. The van der Waals surface area contributed by atoms with E-state index in [1.807, 2.05) is 0 Å². The lowest BCUT2D eigenvalue weighted by Crippen LogP contribution is -2.06. The topological polar surface area (TPSA) is 58.9 Å². The number of nitrogens with one attached hydrogen (secondary N) is 1. The highest BCUT2D eigenvalue weighted by Gasteiger charge is 2.21. The Morgan fingerprint density at radius 3 is 2.52 bits per heavy atom. The number of aromatic amines is 1. The molecule has 3 rings (SSSR count). The highest BCUT2D eigenvalue weighted by Crippen LogP contribution is 2.26. The minimum Gasteiger partial charge on any atom is -0.396 e. The first-order chi connectivity index (χ1) is 9.99. The molecule has 0 unspecified atom stereocenters. The minimum atomic E-state index is -1.04. The number of benzene rings is 2. The van der Waals surface area contributed by atoms with Gasteiger partial charge in [0.25, 0.3) is 0 Å². The van der Waals surface area contributed by atoms with E-state index in [1.54, 1.807) is 6.07 Å². The fraction of sp³-hybridized carbons (Fsp3) is 0. The van der Waals surface area contributed by atoms with Crippen LogP contribution in [-0.4, -0.2) is 10.8 Å². The molecule has 0 amide bonds. The van der Waals surface area contributed by atoms with Crippen LogP contribution in [0.1, 0.15) is 15.9 Å². The summed E-state index contributed by atoms with van der Waals surface area (Å²) in [6, 6.07) is 5.71. The largest absolute Gasteiger partial charge is 0.396 e. The van der Waals surface area contributed by atoms with Gasteiger partial charge in [0.15, 0.2) is 5.78 Å².